The lowest BCUT2D eigenvalue weighted by atomic mass is 10.2. The average molecular weight is 524 g/mol. The van der Waals surface area contributed by atoms with Gasteiger partial charge in [0.05, 0.1) is 18.6 Å². The van der Waals surface area contributed by atoms with Crippen LogP contribution >= 0.6 is 27.5 Å². The van der Waals surface area contributed by atoms with Gasteiger partial charge in [-0.25, -0.2) is 8.42 Å². The van der Waals surface area contributed by atoms with Crippen LogP contribution in [0.2, 0.25) is 5.02 Å². The van der Waals surface area contributed by atoms with E-state index in [9.17, 15) is 13.2 Å². The summed E-state index contributed by atoms with van der Waals surface area (Å²) in [5.74, 6) is 0.0919. The highest BCUT2D eigenvalue weighted by molar-refractivity contribution is 9.10. The lowest BCUT2D eigenvalue weighted by Gasteiger charge is -2.22. The molecule has 1 N–H and O–H groups in total. The first-order valence-corrected chi connectivity index (χ1v) is 11.8. The van der Waals surface area contributed by atoms with Crippen molar-refractivity contribution in [2.75, 3.05) is 19.0 Å². The molecule has 0 saturated heterocycles. The molecule has 1 amide bonds. The van der Waals surface area contributed by atoms with Gasteiger partial charge in [0.2, 0.25) is 15.9 Å². The van der Waals surface area contributed by atoms with E-state index in [1.54, 1.807) is 60.7 Å². The molecule has 0 radical (unpaired) electrons. The normalized spacial score (nSPS) is 11.4. The van der Waals surface area contributed by atoms with Crippen molar-refractivity contribution in [2.45, 2.75) is 11.4 Å². The van der Waals surface area contributed by atoms with E-state index >= 15 is 0 Å². The monoisotopic (exact) mass is 522 g/mol. The fourth-order valence-corrected chi connectivity index (χ4v) is 4.69. The van der Waals surface area contributed by atoms with Gasteiger partial charge in [-0.05, 0) is 48.0 Å². The van der Waals surface area contributed by atoms with Gasteiger partial charge in [-0.2, -0.15) is 4.31 Å². The van der Waals surface area contributed by atoms with Crippen molar-refractivity contribution in [1.29, 1.82) is 0 Å². The summed E-state index contributed by atoms with van der Waals surface area (Å²) >= 11 is 9.54. The molecule has 0 fully saturated rings. The van der Waals surface area contributed by atoms with Crippen molar-refractivity contribution in [3.8, 4) is 5.75 Å². The first kappa shape index (κ1) is 23.3. The summed E-state index contributed by atoms with van der Waals surface area (Å²) < 4.78 is 33.6. The van der Waals surface area contributed by atoms with E-state index in [1.807, 2.05) is 0 Å². The van der Waals surface area contributed by atoms with Crippen molar-refractivity contribution in [3.63, 3.8) is 0 Å². The van der Waals surface area contributed by atoms with Crippen molar-refractivity contribution in [3.05, 3.63) is 87.9 Å². The summed E-state index contributed by atoms with van der Waals surface area (Å²) in [4.78, 5) is 12.8. The highest BCUT2D eigenvalue weighted by Gasteiger charge is 2.27. The van der Waals surface area contributed by atoms with Gasteiger partial charge >= 0.3 is 0 Å². The topological polar surface area (TPSA) is 75.7 Å². The SMILES string of the molecule is COc1cccc(NC(=O)CN(Cc2ccccc2Cl)S(=O)(=O)c2ccc(Br)cc2)c1. The highest BCUT2D eigenvalue weighted by atomic mass is 79.9. The second kappa shape index (κ2) is 10.3. The first-order valence-electron chi connectivity index (χ1n) is 9.22. The zero-order valence-corrected chi connectivity index (χ0v) is 19.7. The molecule has 0 aliphatic rings. The predicted molar refractivity (Wildman–Crippen MR) is 125 cm³/mol. The third-order valence-electron chi connectivity index (χ3n) is 4.43. The molecule has 31 heavy (non-hydrogen) atoms. The lowest BCUT2D eigenvalue weighted by Crippen LogP contribution is -2.37. The highest BCUT2D eigenvalue weighted by Crippen LogP contribution is 2.24. The van der Waals surface area contributed by atoms with Gasteiger partial charge in [-0.15, -0.1) is 0 Å². The van der Waals surface area contributed by atoms with Crippen LogP contribution in [0.3, 0.4) is 0 Å². The Morgan fingerprint density at radius 3 is 2.45 bits per heavy atom. The number of anilines is 1. The minimum absolute atomic E-state index is 0.0520. The fraction of sp³-hybridized carbons (Fsp3) is 0.136. The summed E-state index contributed by atoms with van der Waals surface area (Å²) in [5, 5.41) is 3.14. The molecule has 162 valence electrons. The number of sulfonamides is 1. The molecule has 3 aromatic carbocycles. The van der Waals surface area contributed by atoms with Crippen LogP contribution in [0, 0.1) is 0 Å². The van der Waals surface area contributed by atoms with E-state index < -0.39 is 15.9 Å². The lowest BCUT2D eigenvalue weighted by molar-refractivity contribution is -0.116. The number of carbonyl (C=O) groups excluding carboxylic acids is 1. The summed E-state index contributed by atoms with van der Waals surface area (Å²) in [6.45, 7) is -0.440. The van der Waals surface area contributed by atoms with Crippen LogP contribution in [0.4, 0.5) is 5.69 Å². The maximum absolute atomic E-state index is 13.3. The van der Waals surface area contributed by atoms with Crippen molar-refractivity contribution < 1.29 is 17.9 Å². The zero-order valence-electron chi connectivity index (χ0n) is 16.6. The van der Waals surface area contributed by atoms with Crippen LogP contribution in [-0.4, -0.2) is 32.3 Å². The van der Waals surface area contributed by atoms with Crippen LogP contribution in [0.25, 0.3) is 0 Å². The van der Waals surface area contributed by atoms with Gasteiger partial charge < -0.3 is 10.1 Å². The Morgan fingerprint density at radius 2 is 1.77 bits per heavy atom. The predicted octanol–water partition coefficient (Wildman–Crippen LogP) is 4.94. The Hall–Kier alpha value is -2.39. The Balaban J connectivity index is 1.88. The molecular formula is C22H20BrClN2O4S. The molecule has 0 aliphatic carbocycles. The van der Waals surface area contributed by atoms with Crippen LogP contribution in [0.15, 0.2) is 82.2 Å². The quantitative estimate of drug-likeness (QED) is 0.454. The number of rotatable bonds is 8. The van der Waals surface area contributed by atoms with Crippen LogP contribution in [-0.2, 0) is 21.4 Å². The minimum Gasteiger partial charge on any atom is -0.497 e. The molecule has 0 aromatic heterocycles. The van der Waals surface area contributed by atoms with E-state index in [2.05, 4.69) is 21.2 Å². The second-order valence-corrected chi connectivity index (χ2v) is 9.86. The first-order chi connectivity index (χ1) is 14.8. The number of methoxy groups -OCH3 is 1. The Kier molecular flexibility index (Phi) is 7.72. The molecule has 0 unspecified atom stereocenters. The molecule has 0 heterocycles. The minimum atomic E-state index is -3.96. The maximum atomic E-state index is 13.3. The van der Waals surface area contributed by atoms with Gasteiger partial charge in [0.1, 0.15) is 5.75 Å². The smallest absolute Gasteiger partial charge is 0.243 e. The number of benzene rings is 3. The molecule has 3 rings (SSSR count). The van der Waals surface area contributed by atoms with Gasteiger partial charge in [-0.1, -0.05) is 51.8 Å². The van der Waals surface area contributed by atoms with Gasteiger partial charge in [0, 0.05) is 27.8 Å². The molecule has 0 aliphatic heterocycles. The largest absolute Gasteiger partial charge is 0.497 e. The van der Waals surface area contributed by atoms with Gasteiger partial charge in [0.15, 0.2) is 0 Å². The number of nitrogens with zero attached hydrogens (tertiary/aromatic N) is 1. The molecule has 9 heteroatoms. The number of hydrogen-bond acceptors (Lipinski definition) is 4. The van der Waals surface area contributed by atoms with Crippen LogP contribution < -0.4 is 10.1 Å². The molecule has 6 nitrogen and oxygen atoms in total. The Bertz CT molecular complexity index is 1170. The summed E-state index contributed by atoms with van der Waals surface area (Å²) in [6, 6.07) is 20.0. The molecule has 0 saturated carbocycles. The Morgan fingerprint density at radius 1 is 1.06 bits per heavy atom. The van der Waals surface area contributed by atoms with E-state index in [0.717, 1.165) is 8.78 Å². The number of hydrogen-bond donors (Lipinski definition) is 1. The summed E-state index contributed by atoms with van der Waals surface area (Å²) in [6.07, 6.45) is 0. The second-order valence-electron chi connectivity index (χ2n) is 6.60. The standard InChI is InChI=1S/C22H20BrClN2O4S/c1-30-19-7-4-6-18(13-19)25-22(27)15-26(14-16-5-2-3-8-21(16)24)31(28,29)20-11-9-17(23)10-12-20/h2-13H,14-15H2,1H3,(H,25,27). The third kappa shape index (κ3) is 6.07. The Labute approximate surface area is 195 Å². The molecule has 3 aromatic rings. The number of nitrogens with one attached hydrogen (secondary N) is 1. The fourth-order valence-electron chi connectivity index (χ4n) is 2.86. The van der Waals surface area contributed by atoms with E-state index in [4.69, 9.17) is 16.3 Å². The van der Waals surface area contributed by atoms with Gasteiger partial charge in [0.25, 0.3) is 0 Å². The number of amides is 1. The maximum Gasteiger partial charge on any atom is 0.243 e. The van der Waals surface area contributed by atoms with Crippen molar-refractivity contribution >= 4 is 49.1 Å². The molecular weight excluding hydrogens is 504 g/mol. The van der Waals surface area contributed by atoms with E-state index in [1.165, 1.54) is 19.2 Å². The molecule has 0 atom stereocenters. The number of halogens is 2. The van der Waals surface area contributed by atoms with Crippen molar-refractivity contribution in [2.24, 2.45) is 0 Å². The van der Waals surface area contributed by atoms with Crippen molar-refractivity contribution in [1.82, 2.24) is 4.31 Å². The molecule has 0 bridgehead atoms. The summed E-state index contributed by atoms with van der Waals surface area (Å²) in [7, 11) is -2.44. The van der Waals surface area contributed by atoms with Gasteiger partial charge in [-0.3, -0.25) is 4.79 Å². The summed E-state index contributed by atoms with van der Waals surface area (Å²) in [5.41, 5.74) is 1.10. The third-order valence-corrected chi connectivity index (χ3v) is 7.13. The number of carbonyl (C=O) groups is 1. The van der Waals surface area contributed by atoms with E-state index in [-0.39, 0.29) is 18.0 Å². The average Bonchev–Trinajstić information content (AvgIpc) is 2.75. The van der Waals surface area contributed by atoms with Crippen LogP contribution in [0.5, 0.6) is 5.75 Å². The molecule has 0 spiro atoms. The van der Waals surface area contributed by atoms with Crippen LogP contribution in [0.1, 0.15) is 5.56 Å². The number of ether oxygens (including phenoxy) is 1. The van der Waals surface area contributed by atoms with E-state index in [0.29, 0.717) is 22.0 Å². The zero-order chi connectivity index (χ0) is 22.4.